The summed E-state index contributed by atoms with van der Waals surface area (Å²) in [6, 6.07) is 0.516. The van der Waals surface area contributed by atoms with Crippen molar-refractivity contribution in [2.75, 3.05) is 13.1 Å². The molecule has 1 saturated heterocycles. The summed E-state index contributed by atoms with van der Waals surface area (Å²) in [5.41, 5.74) is -1.94. The van der Waals surface area contributed by atoms with Crippen LogP contribution in [0.1, 0.15) is 24.9 Å². The SMILES string of the molecule is CC1(C(=O)O)CCN(C(=O)NC(c2ccccc2OC(F)F)C(F)(F)F)C1. The standard InChI is InChI=1S/C16H17F5N2O4/c1-15(12(24)25)6-7-23(8-15)14(26)22-11(16(19,20)21)9-4-2-3-5-10(9)27-13(17)18/h2-5,11,13H,6-8H2,1H3,(H,22,26)(H,24,25). The molecule has 1 heterocycles. The molecule has 1 aromatic carbocycles. The average Bonchev–Trinajstić information content (AvgIpc) is 2.96. The third kappa shape index (κ3) is 4.77. The Morgan fingerprint density at radius 1 is 1.30 bits per heavy atom. The van der Waals surface area contributed by atoms with Crippen molar-refractivity contribution in [2.45, 2.75) is 32.2 Å². The molecule has 0 bridgehead atoms. The lowest BCUT2D eigenvalue weighted by atomic mass is 9.90. The topological polar surface area (TPSA) is 78.9 Å². The number of amides is 2. The third-order valence-electron chi connectivity index (χ3n) is 4.32. The summed E-state index contributed by atoms with van der Waals surface area (Å²) < 4.78 is 69.5. The Hall–Kier alpha value is -2.59. The maximum Gasteiger partial charge on any atom is 0.413 e. The first kappa shape index (κ1) is 20.7. The molecule has 0 aliphatic carbocycles. The second-order valence-corrected chi connectivity index (χ2v) is 6.38. The largest absolute Gasteiger partial charge is 0.481 e. The molecule has 11 heteroatoms. The van der Waals surface area contributed by atoms with Gasteiger partial charge in [0.05, 0.1) is 5.41 Å². The van der Waals surface area contributed by atoms with Gasteiger partial charge in [0.15, 0.2) is 6.04 Å². The Morgan fingerprint density at radius 3 is 2.44 bits per heavy atom. The van der Waals surface area contributed by atoms with E-state index in [1.165, 1.54) is 19.1 Å². The van der Waals surface area contributed by atoms with Gasteiger partial charge in [0.25, 0.3) is 0 Å². The molecular weight excluding hydrogens is 379 g/mol. The number of aliphatic carboxylic acids is 1. The number of halogens is 5. The van der Waals surface area contributed by atoms with Crippen molar-refractivity contribution in [3.63, 3.8) is 0 Å². The molecule has 0 radical (unpaired) electrons. The van der Waals surface area contributed by atoms with Gasteiger partial charge in [-0.3, -0.25) is 4.79 Å². The lowest BCUT2D eigenvalue weighted by Crippen LogP contribution is -2.46. The highest BCUT2D eigenvalue weighted by Crippen LogP contribution is 2.38. The van der Waals surface area contributed by atoms with Crippen LogP contribution in [-0.2, 0) is 4.79 Å². The number of urea groups is 1. The van der Waals surface area contributed by atoms with E-state index in [1.807, 2.05) is 0 Å². The van der Waals surface area contributed by atoms with Crippen molar-refractivity contribution in [3.8, 4) is 5.75 Å². The number of likely N-dealkylation sites (tertiary alicyclic amines) is 1. The number of para-hydroxylation sites is 1. The summed E-state index contributed by atoms with van der Waals surface area (Å²) in [6.45, 7) is -2.27. The van der Waals surface area contributed by atoms with Gasteiger partial charge in [-0.1, -0.05) is 18.2 Å². The van der Waals surface area contributed by atoms with E-state index in [9.17, 15) is 31.5 Å². The van der Waals surface area contributed by atoms with Crippen molar-refractivity contribution in [3.05, 3.63) is 29.8 Å². The van der Waals surface area contributed by atoms with Crippen molar-refractivity contribution >= 4 is 12.0 Å². The zero-order valence-corrected chi connectivity index (χ0v) is 14.1. The summed E-state index contributed by atoms with van der Waals surface area (Å²) in [5, 5.41) is 10.9. The van der Waals surface area contributed by atoms with Crippen molar-refractivity contribution in [1.29, 1.82) is 0 Å². The van der Waals surface area contributed by atoms with Gasteiger partial charge in [0.1, 0.15) is 5.75 Å². The molecule has 1 fully saturated rings. The van der Waals surface area contributed by atoms with Crippen LogP contribution in [0.15, 0.2) is 24.3 Å². The molecule has 0 spiro atoms. The van der Waals surface area contributed by atoms with Gasteiger partial charge in [-0.15, -0.1) is 0 Å². The van der Waals surface area contributed by atoms with Gasteiger partial charge in [-0.2, -0.15) is 22.0 Å². The van der Waals surface area contributed by atoms with E-state index < -0.39 is 47.6 Å². The number of ether oxygens (including phenoxy) is 1. The van der Waals surface area contributed by atoms with Crippen LogP contribution in [0.2, 0.25) is 0 Å². The normalized spacial score (nSPS) is 21.2. The van der Waals surface area contributed by atoms with E-state index in [2.05, 4.69) is 4.74 Å². The molecule has 0 saturated carbocycles. The van der Waals surface area contributed by atoms with E-state index >= 15 is 0 Å². The fourth-order valence-electron chi connectivity index (χ4n) is 2.78. The number of carboxylic acids is 1. The Labute approximate surface area is 150 Å². The first-order valence-corrected chi connectivity index (χ1v) is 7.83. The molecule has 27 heavy (non-hydrogen) atoms. The quantitative estimate of drug-likeness (QED) is 0.748. The van der Waals surface area contributed by atoms with E-state index in [0.717, 1.165) is 17.0 Å². The Morgan fingerprint density at radius 2 is 1.93 bits per heavy atom. The highest BCUT2D eigenvalue weighted by molar-refractivity contribution is 5.79. The molecule has 2 amide bonds. The smallest absolute Gasteiger partial charge is 0.413 e. The highest BCUT2D eigenvalue weighted by Gasteiger charge is 2.47. The Balaban J connectivity index is 2.25. The summed E-state index contributed by atoms with van der Waals surface area (Å²) >= 11 is 0. The number of nitrogens with one attached hydrogen (secondary N) is 1. The van der Waals surface area contributed by atoms with Gasteiger partial charge >= 0.3 is 24.8 Å². The number of carbonyl (C=O) groups excluding carboxylic acids is 1. The van der Waals surface area contributed by atoms with Gasteiger partial charge in [-0.05, 0) is 19.4 Å². The lowest BCUT2D eigenvalue weighted by molar-refractivity contribution is -0.156. The second-order valence-electron chi connectivity index (χ2n) is 6.38. The van der Waals surface area contributed by atoms with Gasteiger partial charge in [0, 0.05) is 18.7 Å². The molecule has 2 rings (SSSR count). The zero-order chi connectivity index (χ0) is 20.4. The van der Waals surface area contributed by atoms with E-state index in [1.54, 1.807) is 5.32 Å². The zero-order valence-electron chi connectivity index (χ0n) is 14.1. The molecule has 1 aliphatic rings. The number of rotatable bonds is 5. The molecular formula is C16H17F5N2O4. The van der Waals surface area contributed by atoms with Crippen LogP contribution in [0, 0.1) is 5.41 Å². The van der Waals surface area contributed by atoms with Gasteiger partial charge in [0.2, 0.25) is 0 Å². The molecule has 1 aliphatic heterocycles. The summed E-state index contributed by atoms with van der Waals surface area (Å²) in [4.78, 5) is 24.4. The minimum atomic E-state index is -4.99. The number of hydrogen-bond donors (Lipinski definition) is 2. The molecule has 2 unspecified atom stereocenters. The maximum atomic E-state index is 13.5. The molecule has 6 nitrogen and oxygen atoms in total. The average molecular weight is 396 g/mol. The third-order valence-corrected chi connectivity index (χ3v) is 4.32. The first-order valence-electron chi connectivity index (χ1n) is 7.83. The summed E-state index contributed by atoms with van der Waals surface area (Å²) in [5.74, 6) is -1.88. The predicted molar refractivity (Wildman–Crippen MR) is 82.3 cm³/mol. The first-order chi connectivity index (χ1) is 12.4. The van der Waals surface area contributed by atoms with Crippen molar-refractivity contribution < 1.29 is 41.4 Å². The minimum Gasteiger partial charge on any atom is -0.481 e. The predicted octanol–water partition coefficient (Wildman–Crippen LogP) is 3.40. The number of hydrogen-bond acceptors (Lipinski definition) is 3. The lowest BCUT2D eigenvalue weighted by Gasteiger charge is -2.27. The van der Waals surface area contributed by atoms with E-state index in [0.29, 0.717) is 0 Å². The van der Waals surface area contributed by atoms with Crippen LogP contribution in [0.5, 0.6) is 5.75 Å². The molecule has 150 valence electrons. The van der Waals surface area contributed by atoms with Gasteiger partial charge < -0.3 is 20.1 Å². The monoisotopic (exact) mass is 396 g/mol. The molecule has 0 aromatic heterocycles. The summed E-state index contributed by atoms with van der Waals surface area (Å²) in [7, 11) is 0. The Bertz CT molecular complexity index is 712. The maximum absolute atomic E-state index is 13.5. The van der Waals surface area contributed by atoms with E-state index in [4.69, 9.17) is 5.11 Å². The van der Waals surface area contributed by atoms with Crippen LogP contribution in [0.3, 0.4) is 0 Å². The van der Waals surface area contributed by atoms with E-state index in [-0.39, 0.29) is 19.5 Å². The van der Waals surface area contributed by atoms with Gasteiger partial charge in [-0.25, -0.2) is 4.79 Å². The number of nitrogens with zero attached hydrogens (tertiary/aromatic N) is 1. The number of benzene rings is 1. The highest BCUT2D eigenvalue weighted by atomic mass is 19.4. The molecule has 1 aromatic rings. The van der Waals surface area contributed by atoms with Crippen LogP contribution in [0.4, 0.5) is 26.7 Å². The second kappa shape index (κ2) is 7.57. The molecule has 2 atom stereocenters. The minimum absolute atomic E-state index is 0.0472. The number of carboxylic acid groups (broad SMARTS) is 1. The fourth-order valence-corrected chi connectivity index (χ4v) is 2.78. The van der Waals surface area contributed by atoms with Crippen LogP contribution < -0.4 is 10.1 Å². The van der Waals surface area contributed by atoms with Crippen LogP contribution >= 0.6 is 0 Å². The summed E-state index contributed by atoms with van der Waals surface area (Å²) in [6.07, 6.45) is -4.91. The van der Waals surface area contributed by atoms with Crippen molar-refractivity contribution in [2.24, 2.45) is 5.41 Å². The van der Waals surface area contributed by atoms with Crippen LogP contribution in [0.25, 0.3) is 0 Å². The molecule has 2 N–H and O–H groups in total. The van der Waals surface area contributed by atoms with Crippen LogP contribution in [-0.4, -0.2) is 47.9 Å². The number of carbonyl (C=O) groups is 2. The number of alkyl halides is 5. The van der Waals surface area contributed by atoms with Crippen molar-refractivity contribution in [1.82, 2.24) is 10.2 Å². The Kier molecular flexibility index (Phi) is 5.81. The fraction of sp³-hybridized carbons (Fsp3) is 0.500.